The van der Waals surface area contributed by atoms with Gasteiger partial charge >= 0.3 is 6.03 Å². The molecule has 16 heavy (non-hydrogen) atoms. The zero-order valence-electron chi connectivity index (χ0n) is 8.59. The Hall–Kier alpha value is -1.88. The topological polar surface area (TPSA) is 69.6 Å². The third-order valence-electron chi connectivity index (χ3n) is 2.55. The smallest absolute Gasteiger partial charge is 0.325 e. The summed E-state index contributed by atoms with van der Waals surface area (Å²) in [5, 5.41) is 11.7. The summed E-state index contributed by atoms with van der Waals surface area (Å²) >= 11 is 0. The van der Waals surface area contributed by atoms with Crippen molar-refractivity contribution in [2.24, 2.45) is 0 Å². The van der Waals surface area contributed by atoms with Gasteiger partial charge in [0.1, 0.15) is 0 Å². The van der Waals surface area contributed by atoms with Gasteiger partial charge in [-0.2, -0.15) is 0 Å². The van der Waals surface area contributed by atoms with Gasteiger partial charge in [-0.3, -0.25) is 9.69 Å². The van der Waals surface area contributed by atoms with E-state index in [1.165, 1.54) is 0 Å². The zero-order chi connectivity index (χ0) is 11.5. The first-order chi connectivity index (χ1) is 7.74. The molecule has 0 radical (unpaired) electrons. The Morgan fingerprint density at radius 2 is 2.00 bits per heavy atom. The number of imide groups is 1. The standard InChI is InChI=1S/C11H12N2O3/c14-7-9(8-4-2-1-3-5-8)13-10(15)6-12-11(13)16/h1-5,9,14H,6-7H2,(H,12,16). The average molecular weight is 220 g/mol. The highest BCUT2D eigenvalue weighted by atomic mass is 16.3. The predicted octanol–water partition coefficient (Wildman–Crippen LogP) is 0.272. The molecule has 0 spiro atoms. The van der Waals surface area contributed by atoms with E-state index in [0.717, 1.165) is 10.5 Å². The molecule has 5 heteroatoms. The first kappa shape index (κ1) is 10.6. The van der Waals surface area contributed by atoms with Crippen molar-refractivity contribution in [3.8, 4) is 0 Å². The third kappa shape index (κ3) is 1.77. The second-order valence-corrected chi connectivity index (χ2v) is 3.53. The van der Waals surface area contributed by atoms with Crippen LogP contribution in [0.1, 0.15) is 11.6 Å². The van der Waals surface area contributed by atoms with E-state index in [0.29, 0.717) is 0 Å². The quantitative estimate of drug-likeness (QED) is 0.718. The Morgan fingerprint density at radius 3 is 2.50 bits per heavy atom. The molecule has 1 aliphatic heterocycles. The van der Waals surface area contributed by atoms with Crippen LogP contribution in [0.5, 0.6) is 0 Å². The van der Waals surface area contributed by atoms with Crippen molar-refractivity contribution in [2.75, 3.05) is 13.2 Å². The Balaban J connectivity index is 2.29. The van der Waals surface area contributed by atoms with Crippen molar-refractivity contribution >= 4 is 11.9 Å². The summed E-state index contributed by atoms with van der Waals surface area (Å²) in [5.74, 6) is -0.312. The molecule has 1 fully saturated rings. The van der Waals surface area contributed by atoms with Crippen LogP contribution in [0.2, 0.25) is 0 Å². The van der Waals surface area contributed by atoms with E-state index in [1.807, 2.05) is 6.07 Å². The van der Waals surface area contributed by atoms with E-state index in [4.69, 9.17) is 0 Å². The molecule has 2 rings (SSSR count). The fraction of sp³-hybridized carbons (Fsp3) is 0.273. The van der Waals surface area contributed by atoms with Crippen LogP contribution in [0.15, 0.2) is 30.3 Å². The van der Waals surface area contributed by atoms with E-state index in [-0.39, 0.29) is 19.1 Å². The minimum atomic E-state index is -0.601. The van der Waals surface area contributed by atoms with Crippen LogP contribution in [0.3, 0.4) is 0 Å². The Bertz CT molecular complexity index is 389. The Morgan fingerprint density at radius 1 is 1.31 bits per heavy atom. The van der Waals surface area contributed by atoms with Crippen LogP contribution in [0.4, 0.5) is 4.79 Å². The number of nitrogens with zero attached hydrogens (tertiary/aromatic N) is 1. The maximum atomic E-state index is 11.5. The number of amides is 3. The van der Waals surface area contributed by atoms with E-state index >= 15 is 0 Å². The highest BCUT2D eigenvalue weighted by molar-refractivity contribution is 6.02. The summed E-state index contributed by atoms with van der Waals surface area (Å²) in [6.45, 7) is -0.272. The predicted molar refractivity (Wildman–Crippen MR) is 56.5 cm³/mol. The van der Waals surface area contributed by atoms with Gasteiger partial charge in [0.15, 0.2) is 0 Å². The normalized spacial score (nSPS) is 17.4. The molecule has 3 amide bonds. The van der Waals surface area contributed by atoms with E-state index in [2.05, 4.69) is 5.32 Å². The lowest BCUT2D eigenvalue weighted by molar-refractivity contribution is -0.127. The number of carbonyl (C=O) groups excluding carboxylic acids is 2. The summed E-state index contributed by atoms with van der Waals surface area (Å²) in [6, 6.07) is 7.94. The fourth-order valence-electron chi connectivity index (χ4n) is 1.76. The molecular formula is C11H12N2O3. The van der Waals surface area contributed by atoms with Crippen molar-refractivity contribution in [2.45, 2.75) is 6.04 Å². The average Bonchev–Trinajstić information content (AvgIpc) is 2.63. The van der Waals surface area contributed by atoms with Gasteiger partial charge in [-0.15, -0.1) is 0 Å². The number of urea groups is 1. The van der Waals surface area contributed by atoms with Crippen LogP contribution >= 0.6 is 0 Å². The molecule has 1 atom stereocenters. The second kappa shape index (κ2) is 4.32. The van der Waals surface area contributed by atoms with Gasteiger partial charge in [0.25, 0.3) is 5.91 Å². The van der Waals surface area contributed by atoms with Gasteiger partial charge in [-0.05, 0) is 5.56 Å². The number of nitrogens with one attached hydrogen (secondary N) is 1. The molecular weight excluding hydrogens is 208 g/mol. The highest BCUT2D eigenvalue weighted by Gasteiger charge is 2.35. The molecule has 1 unspecified atom stereocenters. The maximum Gasteiger partial charge on any atom is 0.325 e. The van der Waals surface area contributed by atoms with Crippen LogP contribution in [0.25, 0.3) is 0 Å². The molecule has 1 aliphatic rings. The molecule has 0 bridgehead atoms. The lowest BCUT2D eigenvalue weighted by Gasteiger charge is -2.23. The number of hydrogen-bond donors (Lipinski definition) is 2. The van der Waals surface area contributed by atoms with E-state index in [9.17, 15) is 14.7 Å². The molecule has 1 heterocycles. The van der Waals surface area contributed by atoms with Gasteiger partial charge in [0.2, 0.25) is 0 Å². The third-order valence-corrected chi connectivity index (χ3v) is 2.55. The number of carbonyl (C=O) groups is 2. The van der Waals surface area contributed by atoms with Gasteiger partial charge in [0, 0.05) is 0 Å². The van der Waals surface area contributed by atoms with Crippen LogP contribution in [-0.4, -0.2) is 35.1 Å². The summed E-state index contributed by atoms with van der Waals surface area (Å²) in [5.41, 5.74) is 0.746. The van der Waals surface area contributed by atoms with E-state index < -0.39 is 12.1 Å². The first-order valence-corrected chi connectivity index (χ1v) is 4.99. The molecule has 0 aromatic heterocycles. The molecule has 0 aliphatic carbocycles. The van der Waals surface area contributed by atoms with Crippen molar-refractivity contribution in [3.05, 3.63) is 35.9 Å². The van der Waals surface area contributed by atoms with Crippen LogP contribution in [0, 0.1) is 0 Å². The van der Waals surface area contributed by atoms with Gasteiger partial charge in [-0.25, -0.2) is 4.79 Å². The van der Waals surface area contributed by atoms with Crippen molar-refractivity contribution in [3.63, 3.8) is 0 Å². The summed E-state index contributed by atoms with van der Waals surface area (Å²) in [7, 11) is 0. The van der Waals surface area contributed by atoms with Crippen LogP contribution in [-0.2, 0) is 4.79 Å². The minimum Gasteiger partial charge on any atom is -0.394 e. The van der Waals surface area contributed by atoms with Crippen LogP contribution < -0.4 is 5.32 Å². The zero-order valence-corrected chi connectivity index (χ0v) is 8.59. The number of aliphatic hydroxyl groups is 1. The first-order valence-electron chi connectivity index (χ1n) is 4.99. The molecule has 1 saturated heterocycles. The van der Waals surface area contributed by atoms with Crippen molar-refractivity contribution in [1.82, 2.24) is 10.2 Å². The highest BCUT2D eigenvalue weighted by Crippen LogP contribution is 2.22. The fourth-order valence-corrected chi connectivity index (χ4v) is 1.76. The van der Waals surface area contributed by atoms with Gasteiger partial charge in [0.05, 0.1) is 19.2 Å². The Kier molecular flexibility index (Phi) is 2.87. The van der Waals surface area contributed by atoms with Crippen molar-refractivity contribution in [1.29, 1.82) is 0 Å². The number of hydrogen-bond acceptors (Lipinski definition) is 3. The number of rotatable bonds is 3. The monoisotopic (exact) mass is 220 g/mol. The van der Waals surface area contributed by atoms with Gasteiger partial charge in [-0.1, -0.05) is 30.3 Å². The summed E-state index contributed by atoms with van der Waals surface area (Å²) < 4.78 is 0. The SMILES string of the molecule is O=C1CNC(=O)N1C(CO)c1ccccc1. The molecule has 1 aromatic carbocycles. The molecule has 1 aromatic rings. The van der Waals surface area contributed by atoms with E-state index in [1.54, 1.807) is 24.3 Å². The Labute approximate surface area is 92.7 Å². The van der Waals surface area contributed by atoms with Gasteiger partial charge < -0.3 is 10.4 Å². The number of aliphatic hydroxyl groups excluding tert-OH is 1. The molecule has 5 nitrogen and oxygen atoms in total. The maximum absolute atomic E-state index is 11.5. The lowest BCUT2D eigenvalue weighted by atomic mass is 10.1. The summed E-state index contributed by atoms with van der Waals surface area (Å²) in [4.78, 5) is 24.0. The minimum absolute atomic E-state index is 0.00215. The van der Waals surface area contributed by atoms with Crippen molar-refractivity contribution < 1.29 is 14.7 Å². The molecule has 2 N–H and O–H groups in total. The number of benzene rings is 1. The lowest BCUT2D eigenvalue weighted by Crippen LogP contribution is -2.36. The largest absolute Gasteiger partial charge is 0.394 e. The molecule has 0 saturated carbocycles. The second-order valence-electron chi connectivity index (χ2n) is 3.53. The summed E-state index contributed by atoms with van der Waals surface area (Å²) in [6.07, 6.45) is 0. The molecule has 84 valence electrons.